The minimum atomic E-state index is 0.0710. The summed E-state index contributed by atoms with van der Waals surface area (Å²) in [6.45, 7) is 2.90. The van der Waals surface area contributed by atoms with Crippen molar-refractivity contribution in [2.24, 2.45) is 5.73 Å². The molecule has 1 aromatic carbocycles. The lowest BCUT2D eigenvalue weighted by Gasteiger charge is -2.27. The molecule has 0 saturated heterocycles. The lowest BCUT2D eigenvalue weighted by molar-refractivity contribution is 0.191. The van der Waals surface area contributed by atoms with Gasteiger partial charge in [0, 0.05) is 49.6 Å². The molecule has 1 aromatic rings. The fourth-order valence-electron chi connectivity index (χ4n) is 1.95. The number of amidine groups is 1. The smallest absolute Gasteiger partial charge is 0.124 e. The van der Waals surface area contributed by atoms with Crippen molar-refractivity contribution in [1.29, 1.82) is 5.41 Å². The molecule has 0 radical (unpaired) electrons. The van der Waals surface area contributed by atoms with Crippen molar-refractivity contribution in [2.45, 2.75) is 6.42 Å². The SMILES string of the molecule is COCCCN(CCOC)c1cc(Br)ccc1C(=N)N. The zero-order chi connectivity index (χ0) is 15.0. The maximum Gasteiger partial charge on any atom is 0.124 e. The second-order valence-electron chi connectivity index (χ2n) is 4.40. The number of nitrogens with two attached hydrogens (primary N) is 1. The van der Waals surface area contributed by atoms with Crippen LogP contribution >= 0.6 is 15.9 Å². The van der Waals surface area contributed by atoms with Crippen LogP contribution in [0.15, 0.2) is 22.7 Å². The van der Waals surface area contributed by atoms with Crippen LogP contribution in [0.2, 0.25) is 0 Å². The number of hydrogen-bond donors (Lipinski definition) is 2. The molecule has 0 aliphatic rings. The molecule has 0 bridgehead atoms. The molecule has 0 aliphatic heterocycles. The molecule has 1 rings (SSSR count). The molecule has 3 N–H and O–H groups in total. The van der Waals surface area contributed by atoms with Gasteiger partial charge in [-0.1, -0.05) is 15.9 Å². The van der Waals surface area contributed by atoms with E-state index >= 15 is 0 Å². The first kappa shape index (κ1) is 16.9. The van der Waals surface area contributed by atoms with E-state index in [4.69, 9.17) is 20.6 Å². The van der Waals surface area contributed by atoms with Crippen LogP contribution in [0.1, 0.15) is 12.0 Å². The second kappa shape index (κ2) is 8.94. The number of ether oxygens (including phenoxy) is 2. The Bertz CT molecular complexity index is 440. The van der Waals surface area contributed by atoms with E-state index in [1.54, 1.807) is 14.2 Å². The molecule has 0 fully saturated rings. The van der Waals surface area contributed by atoms with E-state index in [-0.39, 0.29) is 5.84 Å². The largest absolute Gasteiger partial charge is 0.385 e. The maximum absolute atomic E-state index is 7.71. The van der Waals surface area contributed by atoms with Gasteiger partial charge in [-0.15, -0.1) is 0 Å². The monoisotopic (exact) mass is 343 g/mol. The minimum absolute atomic E-state index is 0.0710. The predicted octanol–water partition coefficient (Wildman–Crippen LogP) is 2.22. The van der Waals surface area contributed by atoms with Gasteiger partial charge in [0.25, 0.3) is 0 Å². The van der Waals surface area contributed by atoms with Crippen molar-refractivity contribution in [3.05, 3.63) is 28.2 Å². The average molecular weight is 344 g/mol. The molecule has 0 amide bonds. The lowest BCUT2D eigenvalue weighted by Crippen LogP contribution is -2.31. The molecule has 0 unspecified atom stereocenters. The Morgan fingerprint density at radius 1 is 1.25 bits per heavy atom. The number of nitrogens with one attached hydrogen (secondary N) is 1. The van der Waals surface area contributed by atoms with E-state index in [0.717, 1.165) is 35.2 Å². The Morgan fingerprint density at radius 3 is 2.55 bits per heavy atom. The highest BCUT2D eigenvalue weighted by Gasteiger charge is 2.13. The van der Waals surface area contributed by atoms with Gasteiger partial charge >= 0.3 is 0 Å². The first-order chi connectivity index (χ1) is 9.60. The van der Waals surface area contributed by atoms with Gasteiger partial charge in [-0.25, -0.2) is 0 Å². The highest BCUT2D eigenvalue weighted by molar-refractivity contribution is 9.10. The number of anilines is 1. The Kier molecular flexibility index (Phi) is 7.58. The normalized spacial score (nSPS) is 10.6. The van der Waals surface area contributed by atoms with Crippen LogP contribution in [0.5, 0.6) is 0 Å². The Morgan fingerprint density at radius 2 is 1.95 bits per heavy atom. The topological polar surface area (TPSA) is 71.6 Å². The van der Waals surface area contributed by atoms with E-state index in [1.165, 1.54) is 0 Å². The van der Waals surface area contributed by atoms with Gasteiger partial charge in [-0.05, 0) is 24.6 Å². The van der Waals surface area contributed by atoms with Crippen LogP contribution in [0.4, 0.5) is 5.69 Å². The van der Waals surface area contributed by atoms with Gasteiger partial charge in [0.15, 0.2) is 0 Å². The maximum atomic E-state index is 7.71. The van der Waals surface area contributed by atoms with E-state index in [1.807, 2.05) is 18.2 Å². The number of rotatable bonds is 9. The number of nitrogen functional groups attached to an aromatic ring is 1. The van der Waals surface area contributed by atoms with Crippen molar-refractivity contribution in [2.75, 3.05) is 45.4 Å². The summed E-state index contributed by atoms with van der Waals surface area (Å²) in [5.74, 6) is 0.0710. The van der Waals surface area contributed by atoms with E-state index < -0.39 is 0 Å². The second-order valence-corrected chi connectivity index (χ2v) is 5.32. The first-order valence-corrected chi connectivity index (χ1v) is 7.26. The van der Waals surface area contributed by atoms with Gasteiger partial charge < -0.3 is 20.1 Å². The molecule has 0 heterocycles. The highest BCUT2D eigenvalue weighted by Crippen LogP contribution is 2.25. The number of halogens is 1. The molecule has 0 aromatic heterocycles. The van der Waals surface area contributed by atoms with Crippen LogP contribution in [-0.2, 0) is 9.47 Å². The molecular weight excluding hydrogens is 322 g/mol. The van der Waals surface area contributed by atoms with Crippen molar-refractivity contribution in [1.82, 2.24) is 0 Å². The van der Waals surface area contributed by atoms with E-state index in [2.05, 4.69) is 20.8 Å². The Hall–Kier alpha value is -1.11. The molecule has 0 atom stereocenters. The van der Waals surface area contributed by atoms with Crippen LogP contribution < -0.4 is 10.6 Å². The molecule has 112 valence electrons. The summed E-state index contributed by atoms with van der Waals surface area (Å²) < 4.78 is 11.2. The standard InChI is InChI=1S/C14H22BrN3O2/c1-19-8-3-6-18(7-9-20-2)13-10-11(15)4-5-12(13)14(16)17/h4-5,10H,3,6-9H2,1-2H3,(H3,16,17). The molecule has 5 nitrogen and oxygen atoms in total. The quantitative estimate of drug-likeness (QED) is 0.409. The third-order valence-corrected chi connectivity index (χ3v) is 3.43. The molecule has 0 aliphatic carbocycles. The summed E-state index contributed by atoms with van der Waals surface area (Å²) >= 11 is 3.47. The molecule has 6 heteroatoms. The average Bonchev–Trinajstić information content (AvgIpc) is 2.42. The van der Waals surface area contributed by atoms with Crippen LogP contribution in [-0.4, -0.2) is 46.4 Å². The van der Waals surface area contributed by atoms with Crippen molar-refractivity contribution in [3.8, 4) is 0 Å². The lowest BCUT2D eigenvalue weighted by atomic mass is 10.1. The molecule has 0 saturated carbocycles. The highest BCUT2D eigenvalue weighted by atomic mass is 79.9. The van der Waals surface area contributed by atoms with E-state index in [9.17, 15) is 0 Å². The predicted molar refractivity (Wildman–Crippen MR) is 85.7 cm³/mol. The van der Waals surface area contributed by atoms with Crippen LogP contribution in [0.3, 0.4) is 0 Å². The zero-order valence-corrected chi connectivity index (χ0v) is 13.6. The fraction of sp³-hybridized carbons (Fsp3) is 0.500. The minimum Gasteiger partial charge on any atom is -0.385 e. The first-order valence-electron chi connectivity index (χ1n) is 6.47. The van der Waals surface area contributed by atoms with Gasteiger partial charge in [-0.3, -0.25) is 5.41 Å². The number of methoxy groups -OCH3 is 2. The number of hydrogen-bond acceptors (Lipinski definition) is 4. The summed E-state index contributed by atoms with van der Waals surface area (Å²) in [5, 5.41) is 7.71. The third kappa shape index (κ3) is 5.11. The van der Waals surface area contributed by atoms with Gasteiger partial charge in [0.2, 0.25) is 0 Å². The molecular formula is C14H22BrN3O2. The van der Waals surface area contributed by atoms with E-state index in [0.29, 0.717) is 13.2 Å². The summed E-state index contributed by atoms with van der Waals surface area (Å²) in [7, 11) is 3.37. The Balaban J connectivity index is 2.97. The van der Waals surface area contributed by atoms with Gasteiger partial charge in [0.1, 0.15) is 5.84 Å². The Labute approximate surface area is 128 Å². The van der Waals surface area contributed by atoms with Crippen LogP contribution in [0.25, 0.3) is 0 Å². The third-order valence-electron chi connectivity index (χ3n) is 2.93. The fourth-order valence-corrected chi connectivity index (χ4v) is 2.30. The molecule has 20 heavy (non-hydrogen) atoms. The summed E-state index contributed by atoms with van der Waals surface area (Å²) in [6, 6.07) is 5.74. The summed E-state index contributed by atoms with van der Waals surface area (Å²) in [4.78, 5) is 2.17. The van der Waals surface area contributed by atoms with Crippen molar-refractivity contribution < 1.29 is 9.47 Å². The number of benzene rings is 1. The van der Waals surface area contributed by atoms with Gasteiger partial charge in [-0.2, -0.15) is 0 Å². The summed E-state index contributed by atoms with van der Waals surface area (Å²) in [6.07, 6.45) is 0.907. The van der Waals surface area contributed by atoms with Crippen LogP contribution in [0, 0.1) is 5.41 Å². The van der Waals surface area contributed by atoms with Gasteiger partial charge in [0.05, 0.1) is 6.61 Å². The number of nitrogens with zero attached hydrogens (tertiary/aromatic N) is 1. The molecule has 0 spiro atoms. The zero-order valence-electron chi connectivity index (χ0n) is 12.0. The summed E-state index contributed by atoms with van der Waals surface area (Å²) in [5.41, 5.74) is 7.35. The van der Waals surface area contributed by atoms with Crippen molar-refractivity contribution >= 4 is 27.5 Å². The van der Waals surface area contributed by atoms with Crippen molar-refractivity contribution in [3.63, 3.8) is 0 Å².